The van der Waals surface area contributed by atoms with E-state index in [1.54, 1.807) is 6.07 Å². The number of nitrogens with one attached hydrogen (secondary N) is 1. The van der Waals surface area contributed by atoms with Crippen LogP contribution in [0.25, 0.3) is 0 Å². The highest BCUT2D eigenvalue weighted by Gasteiger charge is 2.33. The second kappa shape index (κ2) is 10.7. The summed E-state index contributed by atoms with van der Waals surface area (Å²) < 4.78 is 45.8. The topological polar surface area (TPSA) is 41.6 Å². The van der Waals surface area contributed by atoms with Crippen LogP contribution in [-0.4, -0.2) is 43.7 Å². The molecule has 1 N–H and O–H groups in total. The molecule has 7 heteroatoms. The minimum absolute atomic E-state index is 0.0187. The van der Waals surface area contributed by atoms with E-state index in [4.69, 9.17) is 4.74 Å². The third-order valence-electron chi connectivity index (χ3n) is 7.57. The Hall–Kier alpha value is -2.38. The van der Waals surface area contributed by atoms with Gasteiger partial charge in [0.15, 0.2) is 0 Å². The van der Waals surface area contributed by atoms with Crippen molar-refractivity contribution in [1.82, 2.24) is 10.2 Å². The first-order valence-electron chi connectivity index (χ1n) is 12.5. The van der Waals surface area contributed by atoms with Gasteiger partial charge in [0.05, 0.1) is 17.5 Å². The molecule has 2 aromatic rings. The number of hydrogen-bond acceptors (Lipinski definition) is 4. The van der Waals surface area contributed by atoms with Crippen LogP contribution in [0.3, 0.4) is 0 Å². The molecule has 1 heterocycles. The Morgan fingerprint density at radius 3 is 2.43 bits per heavy atom. The molecule has 0 bridgehead atoms. The monoisotopic (exact) mass is 488 g/mol. The molecular formula is C28H35F3N2O2. The molecule has 190 valence electrons. The average molecular weight is 489 g/mol. The van der Waals surface area contributed by atoms with Crippen LogP contribution < -0.4 is 5.32 Å². The summed E-state index contributed by atoms with van der Waals surface area (Å²) in [5, 5.41) is 3.26. The number of halogens is 3. The zero-order chi connectivity index (χ0) is 25.2. The van der Waals surface area contributed by atoms with Gasteiger partial charge in [-0.15, -0.1) is 0 Å². The maximum absolute atomic E-state index is 13.3. The van der Waals surface area contributed by atoms with Gasteiger partial charge < -0.3 is 10.1 Å². The molecule has 2 aliphatic rings. The van der Waals surface area contributed by atoms with E-state index in [0.29, 0.717) is 30.5 Å². The Labute approximate surface area is 205 Å². The zero-order valence-corrected chi connectivity index (χ0v) is 20.7. The molecule has 35 heavy (non-hydrogen) atoms. The number of carbonyl (C=O) groups excluding carboxylic acids is 1. The van der Waals surface area contributed by atoms with Crippen molar-refractivity contribution in [3.8, 4) is 0 Å². The Balaban J connectivity index is 1.47. The lowest BCUT2D eigenvalue weighted by Crippen LogP contribution is -2.46. The van der Waals surface area contributed by atoms with Crippen LogP contribution in [-0.2, 0) is 28.5 Å². The number of carbonyl (C=O) groups is 1. The molecule has 0 amide bonds. The predicted molar refractivity (Wildman–Crippen MR) is 130 cm³/mol. The van der Waals surface area contributed by atoms with E-state index in [1.165, 1.54) is 23.3 Å². The van der Waals surface area contributed by atoms with Gasteiger partial charge in [0.1, 0.15) is 6.61 Å². The summed E-state index contributed by atoms with van der Waals surface area (Å²) in [4.78, 5) is 15.1. The van der Waals surface area contributed by atoms with Crippen LogP contribution in [0.1, 0.15) is 60.5 Å². The van der Waals surface area contributed by atoms with Crippen LogP contribution in [0.4, 0.5) is 13.2 Å². The fourth-order valence-electron chi connectivity index (χ4n) is 5.16. The molecule has 1 fully saturated rings. The summed E-state index contributed by atoms with van der Waals surface area (Å²) >= 11 is 0. The number of fused-ring (bicyclic) bond motifs is 1. The zero-order valence-electron chi connectivity index (χ0n) is 20.7. The van der Waals surface area contributed by atoms with Crippen molar-refractivity contribution in [2.75, 3.05) is 32.8 Å². The Morgan fingerprint density at radius 2 is 1.74 bits per heavy atom. The maximum atomic E-state index is 13.3. The molecule has 4 nitrogen and oxygen atoms in total. The van der Waals surface area contributed by atoms with E-state index < -0.39 is 23.7 Å². The lowest BCUT2D eigenvalue weighted by molar-refractivity contribution is -0.147. The van der Waals surface area contributed by atoms with Gasteiger partial charge in [-0.1, -0.05) is 44.2 Å². The van der Waals surface area contributed by atoms with Crippen molar-refractivity contribution in [3.63, 3.8) is 0 Å². The number of nitrogens with zero attached hydrogens (tertiary/aromatic N) is 1. The Bertz CT molecular complexity index is 1030. The van der Waals surface area contributed by atoms with E-state index >= 15 is 0 Å². The fraction of sp³-hybridized carbons (Fsp3) is 0.536. The third kappa shape index (κ3) is 6.07. The molecule has 0 saturated carbocycles. The highest BCUT2D eigenvalue weighted by atomic mass is 19.4. The fourth-order valence-corrected chi connectivity index (χ4v) is 5.16. The Morgan fingerprint density at radius 1 is 1.03 bits per heavy atom. The van der Waals surface area contributed by atoms with Gasteiger partial charge in [0, 0.05) is 26.2 Å². The largest absolute Gasteiger partial charge is 0.463 e. The molecule has 1 saturated heterocycles. The number of piperazine rings is 1. The van der Waals surface area contributed by atoms with Gasteiger partial charge >= 0.3 is 12.1 Å². The van der Waals surface area contributed by atoms with Gasteiger partial charge in [0.25, 0.3) is 0 Å². The van der Waals surface area contributed by atoms with Crippen molar-refractivity contribution in [3.05, 3.63) is 70.3 Å². The molecular weight excluding hydrogens is 453 g/mol. The molecule has 3 unspecified atom stereocenters. The summed E-state index contributed by atoms with van der Waals surface area (Å²) in [6.45, 7) is 9.19. The maximum Gasteiger partial charge on any atom is 0.416 e. The molecule has 0 aromatic heterocycles. The molecule has 4 rings (SSSR count). The third-order valence-corrected chi connectivity index (χ3v) is 7.57. The highest BCUT2D eigenvalue weighted by molar-refractivity contribution is 5.77. The molecule has 0 radical (unpaired) electrons. The summed E-state index contributed by atoms with van der Waals surface area (Å²) in [5.74, 6) is 0.458. The SMILES string of the molecule is CC(C(=O)OCC(c1cccc(C(F)(F)F)c1)N1CCNCC1)c1ccc2c(c1)CC(C(C)C)C2. The number of ether oxygens (including phenoxy) is 1. The second-order valence-corrected chi connectivity index (χ2v) is 10.2. The first-order chi connectivity index (χ1) is 16.6. The second-order valence-electron chi connectivity index (χ2n) is 10.2. The van der Waals surface area contributed by atoms with Crippen LogP contribution in [0.5, 0.6) is 0 Å². The number of hydrogen-bond donors (Lipinski definition) is 1. The van der Waals surface area contributed by atoms with Crippen LogP contribution in [0.2, 0.25) is 0 Å². The highest BCUT2D eigenvalue weighted by Crippen LogP contribution is 2.34. The lowest BCUT2D eigenvalue weighted by atomic mass is 9.93. The molecule has 1 aliphatic heterocycles. The summed E-state index contributed by atoms with van der Waals surface area (Å²) in [6.07, 6.45) is -2.31. The quantitative estimate of drug-likeness (QED) is 0.532. The van der Waals surface area contributed by atoms with Crippen molar-refractivity contribution in [2.45, 2.75) is 51.7 Å². The van der Waals surface area contributed by atoms with Crippen LogP contribution in [0, 0.1) is 11.8 Å². The first kappa shape index (κ1) is 25.7. The summed E-state index contributed by atoms with van der Waals surface area (Å²) in [5.41, 5.74) is 3.42. The smallest absolute Gasteiger partial charge is 0.416 e. The average Bonchev–Trinajstić information content (AvgIpc) is 3.28. The van der Waals surface area contributed by atoms with Crippen molar-refractivity contribution in [1.29, 1.82) is 0 Å². The van der Waals surface area contributed by atoms with Gasteiger partial charge in [0.2, 0.25) is 0 Å². The first-order valence-corrected chi connectivity index (χ1v) is 12.5. The standard InChI is InChI=1S/C28H35F3N2O2/c1-18(2)23-14-21-8-7-20(13-24(21)15-23)19(3)27(34)35-17-26(33-11-9-32-10-12-33)22-5-4-6-25(16-22)28(29,30)31/h4-8,13,16,18-19,23,26,32H,9-12,14-15,17H2,1-3H3. The van der Waals surface area contributed by atoms with E-state index in [1.807, 2.05) is 13.0 Å². The van der Waals surface area contributed by atoms with Crippen molar-refractivity contribution < 1.29 is 22.7 Å². The van der Waals surface area contributed by atoms with Crippen molar-refractivity contribution >= 4 is 5.97 Å². The van der Waals surface area contributed by atoms with E-state index in [-0.39, 0.29) is 12.6 Å². The van der Waals surface area contributed by atoms with E-state index in [9.17, 15) is 18.0 Å². The normalized spacial score (nSPS) is 20.5. The molecule has 1 aliphatic carbocycles. The number of rotatable bonds is 7. The minimum atomic E-state index is -4.42. The summed E-state index contributed by atoms with van der Waals surface area (Å²) in [7, 11) is 0. The van der Waals surface area contributed by atoms with E-state index in [0.717, 1.165) is 37.6 Å². The minimum Gasteiger partial charge on any atom is -0.463 e. The number of esters is 1. The van der Waals surface area contributed by atoms with Gasteiger partial charge in [-0.2, -0.15) is 13.2 Å². The van der Waals surface area contributed by atoms with Crippen molar-refractivity contribution in [2.24, 2.45) is 11.8 Å². The van der Waals surface area contributed by atoms with Crippen LogP contribution in [0.15, 0.2) is 42.5 Å². The molecule has 2 aromatic carbocycles. The van der Waals surface area contributed by atoms with Gasteiger partial charge in [-0.05, 0) is 66.0 Å². The molecule has 3 atom stereocenters. The van der Waals surface area contributed by atoms with Gasteiger partial charge in [-0.25, -0.2) is 0 Å². The molecule has 0 spiro atoms. The predicted octanol–water partition coefficient (Wildman–Crippen LogP) is 5.37. The summed E-state index contributed by atoms with van der Waals surface area (Å²) in [6, 6.07) is 11.2. The van der Waals surface area contributed by atoms with Crippen LogP contribution >= 0.6 is 0 Å². The number of benzene rings is 2. The lowest BCUT2D eigenvalue weighted by Gasteiger charge is -2.35. The Kier molecular flexibility index (Phi) is 7.86. The van der Waals surface area contributed by atoms with Gasteiger partial charge in [-0.3, -0.25) is 9.69 Å². The van der Waals surface area contributed by atoms with E-state index in [2.05, 4.69) is 36.2 Å². The number of alkyl halides is 3.